The molecule has 2 N–H and O–H groups in total. The topological polar surface area (TPSA) is 44.4 Å². The van der Waals surface area contributed by atoms with Gasteiger partial charge in [0.05, 0.1) is 6.04 Å². The van der Waals surface area contributed by atoms with Crippen molar-refractivity contribution < 1.29 is 4.79 Å². The average molecular weight is 334 g/mol. The van der Waals surface area contributed by atoms with E-state index < -0.39 is 0 Å². The van der Waals surface area contributed by atoms with Crippen LogP contribution in [0.3, 0.4) is 0 Å². The maximum atomic E-state index is 12.0. The number of halogens is 2. The number of nitrogens with one attached hydrogen (secondary N) is 2. The molecule has 1 amide bonds. The Morgan fingerprint density at radius 1 is 1.29 bits per heavy atom. The highest BCUT2D eigenvalue weighted by Crippen LogP contribution is 2.11. The highest BCUT2D eigenvalue weighted by molar-refractivity contribution is 5.85. The smallest absolute Gasteiger partial charge is 0.237 e. The van der Waals surface area contributed by atoms with Crippen LogP contribution < -0.4 is 10.6 Å². The lowest BCUT2D eigenvalue weighted by atomic mass is 10.1. The molecule has 1 aromatic rings. The summed E-state index contributed by atoms with van der Waals surface area (Å²) in [5, 5.41) is 6.25. The van der Waals surface area contributed by atoms with Gasteiger partial charge < -0.3 is 15.5 Å². The van der Waals surface area contributed by atoms with Gasteiger partial charge in [-0.1, -0.05) is 24.3 Å². The van der Waals surface area contributed by atoms with Gasteiger partial charge in [0, 0.05) is 13.1 Å². The molecule has 0 saturated carbocycles. The molecule has 1 heterocycles. The van der Waals surface area contributed by atoms with E-state index in [1.807, 2.05) is 12.1 Å². The number of carbonyl (C=O) groups excluding carboxylic acids is 1. The Labute approximate surface area is 139 Å². The first-order valence-corrected chi connectivity index (χ1v) is 6.89. The van der Waals surface area contributed by atoms with Crippen molar-refractivity contribution in [1.82, 2.24) is 15.5 Å². The lowest BCUT2D eigenvalue weighted by molar-refractivity contribution is -0.122. The molecule has 0 unspecified atom stereocenters. The van der Waals surface area contributed by atoms with E-state index in [1.165, 1.54) is 11.1 Å². The summed E-state index contributed by atoms with van der Waals surface area (Å²) in [4.78, 5) is 14.1. The van der Waals surface area contributed by atoms with E-state index in [1.54, 1.807) is 0 Å². The third kappa shape index (κ3) is 6.22. The summed E-state index contributed by atoms with van der Waals surface area (Å²) >= 11 is 0. The molecule has 0 aromatic heterocycles. The van der Waals surface area contributed by atoms with Gasteiger partial charge in [-0.05, 0) is 44.6 Å². The van der Waals surface area contributed by atoms with Gasteiger partial charge in [0.2, 0.25) is 5.91 Å². The molecule has 4 nitrogen and oxygen atoms in total. The molecule has 1 aliphatic rings. The predicted molar refractivity (Wildman–Crippen MR) is 91.2 cm³/mol. The van der Waals surface area contributed by atoms with Crippen molar-refractivity contribution in [2.24, 2.45) is 0 Å². The van der Waals surface area contributed by atoms with Crippen LogP contribution in [0.5, 0.6) is 0 Å². The monoisotopic (exact) mass is 333 g/mol. The van der Waals surface area contributed by atoms with Gasteiger partial charge in [0.25, 0.3) is 0 Å². The van der Waals surface area contributed by atoms with Crippen molar-refractivity contribution in [2.45, 2.75) is 32.0 Å². The minimum atomic E-state index is 0. The Balaban J connectivity index is 0.00000200. The van der Waals surface area contributed by atoms with E-state index >= 15 is 0 Å². The Kier molecular flexibility index (Phi) is 9.62. The second-order valence-corrected chi connectivity index (χ2v) is 5.37. The molecule has 1 atom stereocenters. The molecule has 120 valence electrons. The lowest BCUT2D eigenvalue weighted by Crippen LogP contribution is -2.40. The predicted octanol–water partition coefficient (Wildman–Crippen LogP) is 1.96. The Morgan fingerprint density at radius 2 is 1.95 bits per heavy atom. The Bertz CT molecular complexity index is 435. The van der Waals surface area contributed by atoms with Crippen molar-refractivity contribution in [1.29, 1.82) is 0 Å². The second-order valence-electron chi connectivity index (χ2n) is 5.37. The van der Waals surface area contributed by atoms with E-state index in [9.17, 15) is 4.79 Å². The molecule has 0 radical (unpaired) electrons. The summed E-state index contributed by atoms with van der Waals surface area (Å²) in [5.74, 6) is 0.122. The molecule has 21 heavy (non-hydrogen) atoms. The van der Waals surface area contributed by atoms with Crippen LogP contribution in [-0.2, 0) is 17.9 Å². The quantitative estimate of drug-likeness (QED) is 0.865. The van der Waals surface area contributed by atoms with Gasteiger partial charge in [0.15, 0.2) is 0 Å². The van der Waals surface area contributed by atoms with Crippen LogP contribution in [0.15, 0.2) is 24.3 Å². The van der Waals surface area contributed by atoms with Crippen molar-refractivity contribution >= 4 is 30.7 Å². The number of benzene rings is 1. The van der Waals surface area contributed by atoms with E-state index in [4.69, 9.17) is 0 Å². The number of nitrogens with zero attached hydrogens (tertiary/aromatic N) is 1. The van der Waals surface area contributed by atoms with Crippen LogP contribution in [-0.4, -0.2) is 37.5 Å². The average Bonchev–Trinajstić information content (AvgIpc) is 2.90. The van der Waals surface area contributed by atoms with E-state index in [0.717, 1.165) is 25.9 Å². The maximum Gasteiger partial charge on any atom is 0.237 e. The first-order valence-electron chi connectivity index (χ1n) is 6.89. The minimum Gasteiger partial charge on any atom is -0.351 e. The van der Waals surface area contributed by atoms with Crippen LogP contribution >= 0.6 is 24.8 Å². The van der Waals surface area contributed by atoms with Crippen LogP contribution in [0.1, 0.15) is 24.0 Å². The number of hydrogen-bond acceptors (Lipinski definition) is 3. The fourth-order valence-electron chi connectivity index (χ4n) is 2.44. The molecule has 6 heteroatoms. The van der Waals surface area contributed by atoms with Crippen LogP contribution in [0, 0.1) is 0 Å². The summed E-state index contributed by atoms with van der Waals surface area (Å²) in [6, 6.07) is 8.27. The molecular formula is C15H25Cl2N3O. The zero-order chi connectivity index (χ0) is 13.7. The summed E-state index contributed by atoms with van der Waals surface area (Å²) in [6.07, 6.45) is 2.04. The van der Waals surface area contributed by atoms with Crippen molar-refractivity contribution in [3.05, 3.63) is 35.4 Å². The van der Waals surface area contributed by atoms with Crippen LogP contribution in [0.25, 0.3) is 0 Å². The van der Waals surface area contributed by atoms with Crippen molar-refractivity contribution in [2.75, 3.05) is 20.6 Å². The molecule has 1 saturated heterocycles. The summed E-state index contributed by atoms with van der Waals surface area (Å²) < 4.78 is 0. The SMILES string of the molecule is CN(C)Cc1ccccc1CNC(=O)[C@@H]1CCCN1.Cl.Cl. The van der Waals surface area contributed by atoms with E-state index in [-0.39, 0.29) is 36.8 Å². The summed E-state index contributed by atoms with van der Waals surface area (Å²) in [7, 11) is 4.11. The number of carbonyl (C=O) groups is 1. The van der Waals surface area contributed by atoms with Gasteiger partial charge in [-0.15, -0.1) is 24.8 Å². The molecule has 2 rings (SSSR count). The molecule has 1 aromatic carbocycles. The van der Waals surface area contributed by atoms with Gasteiger partial charge in [-0.2, -0.15) is 0 Å². The highest BCUT2D eigenvalue weighted by atomic mass is 35.5. The zero-order valence-electron chi connectivity index (χ0n) is 12.6. The third-order valence-electron chi connectivity index (χ3n) is 3.43. The number of rotatable bonds is 5. The van der Waals surface area contributed by atoms with Crippen molar-refractivity contribution in [3.63, 3.8) is 0 Å². The van der Waals surface area contributed by atoms with E-state index in [2.05, 4.69) is 41.8 Å². The van der Waals surface area contributed by atoms with E-state index in [0.29, 0.717) is 6.54 Å². The second kappa shape index (κ2) is 10.0. The number of hydrogen-bond donors (Lipinski definition) is 2. The molecule has 0 aliphatic carbocycles. The fraction of sp³-hybridized carbons (Fsp3) is 0.533. The number of amides is 1. The Morgan fingerprint density at radius 3 is 2.52 bits per heavy atom. The fourth-order valence-corrected chi connectivity index (χ4v) is 2.44. The molecule has 1 aliphatic heterocycles. The van der Waals surface area contributed by atoms with Crippen molar-refractivity contribution in [3.8, 4) is 0 Å². The van der Waals surface area contributed by atoms with Gasteiger partial charge in [-0.25, -0.2) is 0 Å². The zero-order valence-corrected chi connectivity index (χ0v) is 14.2. The van der Waals surface area contributed by atoms with Crippen LogP contribution in [0.2, 0.25) is 0 Å². The normalized spacial score (nSPS) is 17.0. The standard InChI is InChI=1S/C15H23N3O.2ClH/c1-18(2)11-13-7-4-3-6-12(13)10-17-15(19)14-8-5-9-16-14;;/h3-4,6-7,14,16H,5,8-11H2,1-2H3,(H,17,19);2*1H/t14-;;/m0../s1. The third-order valence-corrected chi connectivity index (χ3v) is 3.43. The largest absolute Gasteiger partial charge is 0.351 e. The van der Waals surface area contributed by atoms with Gasteiger partial charge >= 0.3 is 0 Å². The highest BCUT2D eigenvalue weighted by Gasteiger charge is 2.21. The summed E-state index contributed by atoms with van der Waals surface area (Å²) in [6.45, 7) is 2.46. The lowest BCUT2D eigenvalue weighted by Gasteiger charge is -2.16. The molecule has 0 spiro atoms. The van der Waals surface area contributed by atoms with Gasteiger partial charge in [-0.3, -0.25) is 4.79 Å². The van der Waals surface area contributed by atoms with Crippen LogP contribution in [0.4, 0.5) is 0 Å². The summed E-state index contributed by atoms with van der Waals surface area (Å²) in [5.41, 5.74) is 2.47. The van der Waals surface area contributed by atoms with Gasteiger partial charge in [0.1, 0.15) is 0 Å². The molecule has 1 fully saturated rings. The first-order chi connectivity index (χ1) is 9.16. The minimum absolute atomic E-state index is 0. The maximum absolute atomic E-state index is 12.0. The first kappa shape index (κ1) is 20.2. The molecular weight excluding hydrogens is 309 g/mol. The Hall–Kier alpha value is -0.810. The molecule has 0 bridgehead atoms.